The first-order chi connectivity index (χ1) is 18.4. The Balaban J connectivity index is 1.35. The second-order valence-corrected chi connectivity index (χ2v) is 10.9. The first kappa shape index (κ1) is 24.1. The van der Waals surface area contributed by atoms with E-state index in [2.05, 4.69) is 46.7 Å². The van der Waals surface area contributed by atoms with Gasteiger partial charge in [0.2, 0.25) is 11.9 Å². The molecule has 1 amide bonds. The van der Waals surface area contributed by atoms with E-state index in [0.717, 1.165) is 60.1 Å². The molecule has 2 fully saturated rings. The molecule has 8 nitrogen and oxygen atoms in total. The smallest absolute Gasteiger partial charge is 0.225 e. The van der Waals surface area contributed by atoms with Gasteiger partial charge in [-0.05, 0) is 62.4 Å². The summed E-state index contributed by atoms with van der Waals surface area (Å²) in [5.41, 5.74) is 0.915. The molecule has 1 aliphatic carbocycles. The van der Waals surface area contributed by atoms with E-state index in [1.807, 2.05) is 41.5 Å². The molecule has 38 heavy (non-hydrogen) atoms. The van der Waals surface area contributed by atoms with Gasteiger partial charge in [-0.15, -0.1) is 0 Å². The van der Waals surface area contributed by atoms with Gasteiger partial charge < -0.3 is 10.2 Å². The van der Waals surface area contributed by atoms with Gasteiger partial charge in [0.15, 0.2) is 0 Å². The molecule has 2 aliphatic rings. The second-order valence-electron chi connectivity index (χ2n) is 10.9. The van der Waals surface area contributed by atoms with E-state index in [1.165, 1.54) is 0 Å². The number of carbonyl (C=O) groups excluding carboxylic acids is 1. The average Bonchev–Trinajstić information content (AvgIpc) is 3.69. The largest absolute Gasteiger partial charge is 0.350 e. The van der Waals surface area contributed by atoms with Gasteiger partial charge in [-0.3, -0.25) is 9.36 Å². The minimum absolute atomic E-state index is 0.0967. The highest BCUT2D eigenvalue weighted by atomic mass is 16.2. The fourth-order valence-corrected chi connectivity index (χ4v) is 5.22. The number of piperidine rings is 1. The zero-order chi connectivity index (χ0) is 26.3. The number of nitriles is 1. The van der Waals surface area contributed by atoms with Crippen LogP contribution in [0.25, 0.3) is 28.0 Å². The number of benzene rings is 2. The first-order valence-corrected chi connectivity index (χ1v) is 13.3. The summed E-state index contributed by atoms with van der Waals surface area (Å²) < 4.78 is 1.96. The lowest BCUT2D eigenvalue weighted by atomic mass is 9.91. The Morgan fingerprint density at radius 1 is 1.08 bits per heavy atom. The van der Waals surface area contributed by atoms with Gasteiger partial charge in [0.25, 0.3) is 0 Å². The summed E-state index contributed by atoms with van der Waals surface area (Å²) in [6, 6.07) is 18.8. The van der Waals surface area contributed by atoms with Crippen LogP contribution in [0.5, 0.6) is 0 Å². The highest BCUT2D eigenvalue weighted by Crippen LogP contribution is 2.33. The van der Waals surface area contributed by atoms with E-state index in [9.17, 15) is 10.1 Å². The van der Waals surface area contributed by atoms with E-state index in [0.29, 0.717) is 18.3 Å². The maximum atomic E-state index is 12.6. The number of nitrogens with one attached hydrogen (secondary N) is 1. The van der Waals surface area contributed by atoms with Gasteiger partial charge in [-0.25, -0.2) is 9.97 Å². The van der Waals surface area contributed by atoms with Gasteiger partial charge in [-0.1, -0.05) is 36.4 Å². The molecule has 2 aromatic heterocycles. The predicted octanol–water partition coefficient (Wildman–Crippen LogP) is 5.10. The van der Waals surface area contributed by atoms with Crippen molar-refractivity contribution in [1.29, 1.82) is 5.26 Å². The van der Waals surface area contributed by atoms with Gasteiger partial charge in [-0.2, -0.15) is 10.2 Å². The van der Waals surface area contributed by atoms with Crippen molar-refractivity contribution in [3.05, 3.63) is 66.6 Å². The fraction of sp³-hybridized carbons (Fsp3) is 0.367. The normalized spacial score (nSPS) is 17.8. The Bertz CT molecular complexity index is 1550. The lowest BCUT2D eigenvalue weighted by molar-refractivity contribution is -0.133. The highest BCUT2D eigenvalue weighted by Gasteiger charge is 2.35. The molecular formula is C30H31N7O. The number of rotatable bonds is 6. The average molecular weight is 506 g/mol. The van der Waals surface area contributed by atoms with Crippen LogP contribution >= 0.6 is 0 Å². The van der Waals surface area contributed by atoms with Crippen molar-refractivity contribution < 1.29 is 4.79 Å². The Morgan fingerprint density at radius 2 is 1.89 bits per heavy atom. The number of amides is 1. The number of nitrogens with zero attached hydrogens (tertiary/aromatic N) is 6. The maximum Gasteiger partial charge on any atom is 0.225 e. The molecule has 1 saturated carbocycles. The predicted molar refractivity (Wildman–Crippen MR) is 147 cm³/mol. The number of aromatic nitrogens is 4. The molecule has 3 heterocycles. The molecule has 4 aromatic rings. The topological polar surface area (TPSA) is 99.7 Å². The maximum absolute atomic E-state index is 12.6. The highest BCUT2D eigenvalue weighted by molar-refractivity contribution is 5.86. The first-order valence-electron chi connectivity index (χ1n) is 13.3. The quantitative estimate of drug-likeness (QED) is 0.392. The monoisotopic (exact) mass is 505 g/mol. The van der Waals surface area contributed by atoms with E-state index < -0.39 is 5.41 Å². The van der Waals surface area contributed by atoms with E-state index in [-0.39, 0.29) is 17.9 Å². The molecule has 2 aromatic carbocycles. The summed E-state index contributed by atoms with van der Waals surface area (Å²) in [6.07, 6.45) is 7.46. The number of carbonyl (C=O) groups is 1. The molecule has 6 rings (SSSR count). The van der Waals surface area contributed by atoms with Crippen LogP contribution in [0.1, 0.15) is 45.2 Å². The molecule has 1 atom stereocenters. The van der Waals surface area contributed by atoms with Crippen LogP contribution in [0.4, 0.5) is 5.95 Å². The molecule has 0 radical (unpaired) electrons. The summed E-state index contributed by atoms with van der Waals surface area (Å²) in [6.45, 7) is 5.27. The van der Waals surface area contributed by atoms with Crippen molar-refractivity contribution in [2.75, 3.05) is 18.4 Å². The minimum Gasteiger partial charge on any atom is -0.350 e. The van der Waals surface area contributed by atoms with Crippen molar-refractivity contribution in [3.8, 4) is 23.3 Å². The molecule has 0 spiro atoms. The van der Waals surface area contributed by atoms with Crippen LogP contribution < -0.4 is 5.32 Å². The molecular weight excluding hydrogens is 474 g/mol. The number of fused-ring (bicyclic) bond motifs is 1. The lowest BCUT2D eigenvalue weighted by Gasteiger charge is -2.33. The van der Waals surface area contributed by atoms with Gasteiger partial charge >= 0.3 is 0 Å². The molecule has 0 bridgehead atoms. The number of likely N-dealkylation sites (tertiary alicyclic amines) is 1. The van der Waals surface area contributed by atoms with E-state index in [1.54, 1.807) is 12.4 Å². The molecule has 0 unspecified atom stereocenters. The third-order valence-electron chi connectivity index (χ3n) is 7.55. The fourth-order valence-electron chi connectivity index (χ4n) is 5.22. The number of hydrogen-bond donors (Lipinski definition) is 1. The van der Waals surface area contributed by atoms with Crippen molar-refractivity contribution in [1.82, 2.24) is 24.4 Å². The SMILES string of the molecule is CC(C)(C#N)c1cnc(-c2ccc3ccccc3c2)n1-c1ccnc(N[C@H]2CCCN(C(=O)C3CC3)C2)n1. The molecule has 1 N–H and O–H groups in total. The Morgan fingerprint density at radius 3 is 2.68 bits per heavy atom. The molecule has 192 valence electrons. The van der Waals surface area contributed by atoms with Crippen molar-refractivity contribution >= 4 is 22.6 Å². The third kappa shape index (κ3) is 4.60. The van der Waals surface area contributed by atoms with Crippen LogP contribution in [-0.2, 0) is 10.2 Å². The third-order valence-corrected chi connectivity index (χ3v) is 7.55. The van der Waals surface area contributed by atoms with Crippen LogP contribution in [0, 0.1) is 17.2 Å². The minimum atomic E-state index is -0.784. The number of imidazole rings is 1. The van der Waals surface area contributed by atoms with Gasteiger partial charge in [0.05, 0.1) is 23.4 Å². The Hall–Kier alpha value is -4.25. The zero-order valence-corrected chi connectivity index (χ0v) is 21.8. The van der Waals surface area contributed by atoms with Crippen LogP contribution in [0.15, 0.2) is 60.9 Å². The van der Waals surface area contributed by atoms with Gasteiger partial charge in [0.1, 0.15) is 11.6 Å². The Labute approximate surface area is 222 Å². The van der Waals surface area contributed by atoms with Crippen LogP contribution in [-0.4, -0.2) is 49.5 Å². The number of hydrogen-bond acceptors (Lipinski definition) is 6. The van der Waals surface area contributed by atoms with Crippen molar-refractivity contribution in [2.45, 2.75) is 51.0 Å². The van der Waals surface area contributed by atoms with E-state index >= 15 is 0 Å². The standard InChI is InChI=1S/C30H31N7O/c1-30(2,19-31)25-17-33-27(23-12-9-20-6-3-4-7-22(20)16-23)37(25)26-13-14-32-29(35-26)34-24-8-5-15-36(18-24)28(38)21-10-11-21/h3-4,6-7,9,12-14,16-17,21,24H,5,8,10-11,15,18H2,1-2H3,(H,32,34,35)/t24-/m0/s1. The summed E-state index contributed by atoms with van der Waals surface area (Å²) >= 11 is 0. The zero-order valence-electron chi connectivity index (χ0n) is 21.8. The van der Waals surface area contributed by atoms with Crippen LogP contribution in [0.2, 0.25) is 0 Å². The summed E-state index contributed by atoms with van der Waals surface area (Å²) in [4.78, 5) is 28.7. The summed E-state index contributed by atoms with van der Waals surface area (Å²) in [5, 5.41) is 15.7. The van der Waals surface area contributed by atoms with Crippen molar-refractivity contribution in [2.24, 2.45) is 5.92 Å². The lowest BCUT2D eigenvalue weighted by Crippen LogP contribution is -2.45. The number of anilines is 1. The summed E-state index contributed by atoms with van der Waals surface area (Å²) in [5.74, 6) is 2.38. The molecule has 1 aliphatic heterocycles. The molecule has 1 saturated heterocycles. The molecule has 8 heteroatoms. The van der Waals surface area contributed by atoms with Gasteiger partial charge in [0, 0.05) is 36.8 Å². The second kappa shape index (κ2) is 9.56. The van der Waals surface area contributed by atoms with Crippen molar-refractivity contribution in [3.63, 3.8) is 0 Å². The van der Waals surface area contributed by atoms with E-state index in [4.69, 9.17) is 9.97 Å². The van der Waals surface area contributed by atoms with Crippen LogP contribution in [0.3, 0.4) is 0 Å². The Kier molecular flexibility index (Phi) is 6.07. The summed E-state index contributed by atoms with van der Waals surface area (Å²) in [7, 11) is 0.